The van der Waals surface area contributed by atoms with E-state index in [2.05, 4.69) is 65.5 Å². The molecule has 33 heavy (non-hydrogen) atoms. The zero-order valence-corrected chi connectivity index (χ0v) is 18.5. The Morgan fingerprint density at radius 1 is 1.15 bits per heavy atom. The van der Waals surface area contributed by atoms with Gasteiger partial charge in [0.15, 0.2) is 0 Å². The fraction of sp³-hybridized carbons (Fsp3) is 0.148. The quantitative estimate of drug-likeness (QED) is 0.333. The minimum absolute atomic E-state index is 0.0394. The summed E-state index contributed by atoms with van der Waals surface area (Å²) in [7, 11) is 0. The molecular weight excluding hydrogens is 412 g/mol. The molecule has 0 unspecified atom stereocenters. The average Bonchev–Trinajstić information content (AvgIpc) is 3.24. The molecule has 0 aliphatic rings. The molecule has 0 aliphatic carbocycles. The molecule has 6 heteroatoms. The number of aryl methyl sites for hydroxylation is 2. The third-order valence-corrected chi connectivity index (χ3v) is 5.68. The Morgan fingerprint density at radius 2 is 2.00 bits per heavy atom. The Balaban J connectivity index is 1.54. The second-order valence-electron chi connectivity index (χ2n) is 7.89. The number of hydrogen-bond donors (Lipinski definition) is 2. The van der Waals surface area contributed by atoms with E-state index < -0.39 is 5.91 Å². The third kappa shape index (κ3) is 4.63. The first-order valence-electron chi connectivity index (χ1n) is 10.7. The van der Waals surface area contributed by atoms with Crippen molar-refractivity contribution in [3.8, 4) is 11.8 Å². The van der Waals surface area contributed by atoms with Gasteiger partial charge in [0.1, 0.15) is 11.8 Å². The van der Waals surface area contributed by atoms with Gasteiger partial charge >= 0.3 is 0 Å². The van der Waals surface area contributed by atoms with Crippen molar-refractivity contribution < 1.29 is 9.90 Å². The number of phenolic OH excluding ortho intramolecular Hbond substituents is 1. The highest BCUT2D eigenvalue weighted by Crippen LogP contribution is 2.22. The van der Waals surface area contributed by atoms with Crippen molar-refractivity contribution >= 4 is 23.0 Å². The van der Waals surface area contributed by atoms with E-state index >= 15 is 0 Å². The number of hydrazone groups is 1. The number of benzene rings is 3. The molecule has 0 fully saturated rings. The first-order valence-corrected chi connectivity index (χ1v) is 10.7. The van der Waals surface area contributed by atoms with E-state index in [4.69, 9.17) is 5.26 Å². The lowest BCUT2D eigenvalue weighted by atomic mass is 10.0. The molecule has 4 rings (SSSR count). The van der Waals surface area contributed by atoms with Crippen molar-refractivity contribution in [3.05, 3.63) is 100 Å². The standard InChI is InChI=1S/C27H24N4O2/c1-3-19-13-18(2)7-8-22(19)17-31-12-11-24-21(5-4-6-25(24)31)16-29-30-27(33)20-9-10-26(32)23(14-20)15-28/h4-14,16,32H,3,17H2,1-2H3,(H,30,33)/b29-16+. The van der Waals surface area contributed by atoms with Gasteiger partial charge in [-0.25, -0.2) is 5.43 Å². The lowest BCUT2D eigenvalue weighted by Gasteiger charge is -2.11. The van der Waals surface area contributed by atoms with Crippen LogP contribution in [0.4, 0.5) is 0 Å². The predicted molar refractivity (Wildman–Crippen MR) is 129 cm³/mol. The third-order valence-electron chi connectivity index (χ3n) is 5.68. The maximum Gasteiger partial charge on any atom is 0.271 e. The summed E-state index contributed by atoms with van der Waals surface area (Å²) in [5.74, 6) is -0.621. The van der Waals surface area contributed by atoms with Gasteiger partial charge < -0.3 is 9.67 Å². The number of aromatic hydroxyl groups is 1. The van der Waals surface area contributed by atoms with Crippen molar-refractivity contribution in [3.63, 3.8) is 0 Å². The Kier molecular flexibility index (Phi) is 6.23. The van der Waals surface area contributed by atoms with Gasteiger partial charge in [0.05, 0.1) is 11.8 Å². The molecule has 0 bridgehead atoms. The average molecular weight is 437 g/mol. The van der Waals surface area contributed by atoms with Crippen molar-refractivity contribution in [2.24, 2.45) is 5.10 Å². The molecule has 0 saturated heterocycles. The number of nitriles is 1. The van der Waals surface area contributed by atoms with Gasteiger partial charge in [-0.3, -0.25) is 4.79 Å². The van der Waals surface area contributed by atoms with Crippen molar-refractivity contribution in [1.29, 1.82) is 5.26 Å². The lowest BCUT2D eigenvalue weighted by molar-refractivity contribution is 0.0955. The smallest absolute Gasteiger partial charge is 0.271 e. The van der Waals surface area contributed by atoms with Crippen LogP contribution < -0.4 is 5.43 Å². The minimum atomic E-state index is -0.459. The summed E-state index contributed by atoms with van der Waals surface area (Å²) in [5, 5.41) is 23.7. The molecule has 0 radical (unpaired) electrons. The number of carbonyl (C=O) groups is 1. The highest BCUT2D eigenvalue weighted by Gasteiger charge is 2.10. The highest BCUT2D eigenvalue weighted by atomic mass is 16.3. The summed E-state index contributed by atoms with van der Waals surface area (Å²) in [6, 6.07) is 20.6. The molecule has 164 valence electrons. The predicted octanol–water partition coefficient (Wildman–Crippen LogP) is 4.90. The summed E-state index contributed by atoms with van der Waals surface area (Å²) >= 11 is 0. The van der Waals surface area contributed by atoms with Crippen LogP contribution in [0.1, 0.15) is 45.1 Å². The molecule has 1 amide bonds. The van der Waals surface area contributed by atoms with E-state index in [1.54, 1.807) is 6.21 Å². The van der Waals surface area contributed by atoms with E-state index in [1.807, 2.05) is 18.2 Å². The van der Waals surface area contributed by atoms with Crippen LogP contribution in [0.3, 0.4) is 0 Å². The van der Waals surface area contributed by atoms with Gasteiger partial charge in [-0.2, -0.15) is 10.4 Å². The molecule has 0 spiro atoms. The summed E-state index contributed by atoms with van der Waals surface area (Å²) in [5.41, 5.74) is 8.66. The maximum absolute atomic E-state index is 12.3. The second-order valence-corrected chi connectivity index (χ2v) is 7.89. The largest absolute Gasteiger partial charge is 0.507 e. The Bertz CT molecular complexity index is 1410. The van der Waals surface area contributed by atoms with Gasteiger partial charge in [0.25, 0.3) is 5.91 Å². The minimum Gasteiger partial charge on any atom is -0.507 e. The molecule has 6 nitrogen and oxygen atoms in total. The number of hydrogen-bond acceptors (Lipinski definition) is 4. The fourth-order valence-corrected chi connectivity index (χ4v) is 3.91. The number of nitrogens with zero attached hydrogens (tertiary/aromatic N) is 3. The van der Waals surface area contributed by atoms with Crippen LogP contribution in [0, 0.1) is 18.3 Å². The second kappa shape index (κ2) is 9.41. The number of nitrogens with one attached hydrogen (secondary N) is 1. The van der Waals surface area contributed by atoms with Gasteiger partial charge in [-0.05, 0) is 54.8 Å². The molecule has 2 N–H and O–H groups in total. The summed E-state index contributed by atoms with van der Waals surface area (Å²) < 4.78 is 2.22. The SMILES string of the molecule is CCc1cc(C)ccc1Cn1ccc2c(/C=N/NC(=O)c3ccc(O)c(C#N)c3)cccc21. The Labute approximate surface area is 192 Å². The lowest BCUT2D eigenvalue weighted by Crippen LogP contribution is -2.17. The number of fused-ring (bicyclic) bond motifs is 1. The normalized spacial score (nSPS) is 11.1. The molecule has 4 aromatic rings. The van der Waals surface area contributed by atoms with Crippen LogP contribution in [-0.4, -0.2) is 21.8 Å². The monoisotopic (exact) mass is 436 g/mol. The summed E-state index contributed by atoms with van der Waals surface area (Å²) in [6.07, 6.45) is 4.67. The molecule has 0 atom stereocenters. The first-order chi connectivity index (χ1) is 16.0. The van der Waals surface area contributed by atoms with Gasteiger partial charge in [0.2, 0.25) is 0 Å². The number of carbonyl (C=O) groups excluding carboxylic acids is 1. The first kappa shape index (κ1) is 21.8. The van der Waals surface area contributed by atoms with Crippen molar-refractivity contribution in [2.75, 3.05) is 0 Å². The number of phenols is 1. The number of aromatic nitrogens is 1. The zero-order chi connectivity index (χ0) is 23.4. The number of amides is 1. The Hall–Kier alpha value is -4.37. The van der Waals surface area contributed by atoms with E-state index in [9.17, 15) is 9.90 Å². The van der Waals surface area contributed by atoms with E-state index in [-0.39, 0.29) is 16.9 Å². The molecular formula is C27H24N4O2. The molecule has 0 aliphatic heterocycles. The van der Waals surface area contributed by atoms with Crippen LogP contribution in [-0.2, 0) is 13.0 Å². The van der Waals surface area contributed by atoms with Crippen LogP contribution in [0.2, 0.25) is 0 Å². The zero-order valence-electron chi connectivity index (χ0n) is 18.5. The molecule has 1 aromatic heterocycles. The van der Waals surface area contributed by atoms with E-state index in [0.29, 0.717) is 0 Å². The van der Waals surface area contributed by atoms with Crippen LogP contribution in [0.15, 0.2) is 72.0 Å². The van der Waals surface area contributed by atoms with Crippen LogP contribution in [0.25, 0.3) is 10.9 Å². The maximum atomic E-state index is 12.3. The van der Waals surface area contributed by atoms with Gasteiger partial charge in [-0.1, -0.05) is 42.8 Å². The molecule has 3 aromatic carbocycles. The van der Waals surface area contributed by atoms with Crippen LogP contribution in [0.5, 0.6) is 5.75 Å². The van der Waals surface area contributed by atoms with Gasteiger partial charge in [-0.15, -0.1) is 0 Å². The topological polar surface area (TPSA) is 90.4 Å². The van der Waals surface area contributed by atoms with Gasteiger partial charge in [0, 0.05) is 34.8 Å². The summed E-state index contributed by atoms with van der Waals surface area (Å²) in [4.78, 5) is 12.3. The fourth-order valence-electron chi connectivity index (χ4n) is 3.91. The van der Waals surface area contributed by atoms with E-state index in [1.165, 1.54) is 34.9 Å². The Morgan fingerprint density at radius 3 is 2.79 bits per heavy atom. The highest BCUT2D eigenvalue weighted by molar-refractivity contribution is 6.00. The van der Waals surface area contributed by atoms with E-state index in [0.717, 1.165) is 29.4 Å². The van der Waals surface area contributed by atoms with Crippen molar-refractivity contribution in [1.82, 2.24) is 9.99 Å². The summed E-state index contributed by atoms with van der Waals surface area (Å²) in [6.45, 7) is 5.07. The molecule has 0 saturated carbocycles. The van der Waals surface area contributed by atoms with Crippen molar-refractivity contribution in [2.45, 2.75) is 26.8 Å². The molecule has 1 heterocycles. The number of rotatable bonds is 6. The van der Waals surface area contributed by atoms with Crippen LogP contribution >= 0.6 is 0 Å².